The van der Waals surface area contributed by atoms with E-state index in [1.807, 2.05) is 0 Å². The van der Waals surface area contributed by atoms with Gasteiger partial charge in [0.25, 0.3) is 0 Å². The number of aryl methyl sites for hydroxylation is 4. The van der Waals surface area contributed by atoms with E-state index in [0.717, 1.165) is 167 Å². The Morgan fingerprint density at radius 2 is 0.443 bits per heavy atom. The van der Waals surface area contributed by atoms with E-state index in [1.165, 1.54) is 0 Å². The Hall–Kier alpha value is -11.8. The van der Waals surface area contributed by atoms with Crippen LogP contribution in [0.5, 0.6) is 0 Å². The molecule has 0 unspecified atom stereocenters. The topological polar surface area (TPSA) is 116 Å². The number of aromatic nitrogens is 8. The Morgan fingerprint density at radius 3 is 0.670 bits per heavy atom. The number of fused-ring (bicyclic) bond motifs is 4. The second-order valence-electron chi connectivity index (χ2n) is 22.2. The summed E-state index contributed by atoms with van der Waals surface area (Å²) in [5.41, 5.74) is 21.6. The number of hydrogen-bond acceptors (Lipinski definition) is 12. The number of hydrogen-bond donors (Lipinski definition) is 0. The van der Waals surface area contributed by atoms with Crippen LogP contribution >= 0.6 is 0 Å². The molecule has 12 nitrogen and oxygen atoms in total. The molecule has 0 saturated carbocycles. The maximum absolute atomic E-state index is 5.15. The minimum Gasteiger partial charge on any atom is -0.307 e. The van der Waals surface area contributed by atoms with Crippen LogP contribution < -0.4 is 19.6 Å². The highest BCUT2D eigenvalue weighted by Gasteiger charge is 2.32. The van der Waals surface area contributed by atoms with Crippen LogP contribution in [0.3, 0.4) is 0 Å². The van der Waals surface area contributed by atoms with Crippen LogP contribution in [0.4, 0.5) is 68.2 Å². The average molecular weight is 1140 g/mol. The highest BCUT2D eigenvalue weighted by molar-refractivity contribution is 6.33. The Balaban J connectivity index is 1.15. The highest BCUT2D eigenvalue weighted by atomic mass is 15.2. The first-order valence-corrected chi connectivity index (χ1v) is 29.4. The molecule has 0 aliphatic heterocycles. The molecule has 16 aromatic rings. The molecule has 0 bridgehead atoms. The van der Waals surface area contributed by atoms with Gasteiger partial charge in [0.2, 0.25) is 0 Å². The van der Waals surface area contributed by atoms with Crippen LogP contribution in [0.2, 0.25) is 0 Å². The van der Waals surface area contributed by atoms with Crippen molar-refractivity contribution in [2.45, 2.75) is 27.7 Å². The predicted octanol–water partition coefficient (Wildman–Crippen LogP) is 19.5. The van der Waals surface area contributed by atoms with E-state index in [9.17, 15) is 0 Å². The molecule has 0 aliphatic carbocycles. The van der Waals surface area contributed by atoms with Gasteiger partial charge in [-0.15, -0.1) is 0 Å². The summed E-state index contributed by atoms with van der Waals surface area (Å²) in [6.07, 6.45) is 14.2. The minimum atomic E-state index is 0.780. The van der Waals surface area contributed by atoms with Crippen molar-refractivity contribution in [3.05, 3.63) is 278 Å². The number of rotatable bonds is 12. The maximum atomic E-state index is 5.15. The first-order chi connectivity index (χ1) is 43.4. The molecule has 4 heterocycles. The molecule has 0 atom stereocenters. The second-order valence-corrected chi connectivity index (χ2v) is 22.2. The zero-order chi connectivity index (χ0) is 59.0. The molecule has 12 heteroatoms. The van der Waals surface area contributed by atoms with Gasteiger partial charge < -0.3 is 19.6 Å². The first kappa shape index (κ1) is 51.8. The van der Waals surface area contributed by atoms with Crippen LogP contribution in [-0.4, -0.2) is 39.9 Å². The Labute approximate surface area is 507 Å². The summed E-state index contributed by atoms with van der Waals surface area (Å²) in [5, 5.41) is 6.16. The van der Waals surface area contributed by atoms with Crippen LogP contribution in [-0.2, 0) is 0 Å². The van der Waals surface area contributed by atoms with Crippen molar-refractivity contribution < 1.29 is 0 Å². The number of benzene rings is 12. The summed E-state index contributed by atoms with van der Waals surface area (Å²) < 4.78 is 0. The van der Waals surface area contributed by atoms with Gasteiger partial charge in [-0.1, -0.05) is 121 Å². The summed E-state index contributed by atoms with van der Waals surface area (Å²) in [7, 11) is 0. The quantitative estimate of drug-likeness (QED) is 0.108. The molecule has 0 fully saturated rings. The molecule has 0 spiro atoms. The van der Waals surface area contributed by atoms with Crippen LogP contribution in [0.15, 0.2) is 256 Å². The summed E-state index contributed by atoms with van der Waals surface area (Å²) in [6, 6.07) is 73.5. The normalized spacial score (nSPS) is 11.6. The van der Waals surface area contributed by atoms with Crippen molar-refractivity contribution in [2.75, 3.05) is 19.6 Å². The van der Waals surface area contributed by atoms with Gasteiger partial charge in [-0.2, -0.15) is 0 Å². The average Bonchev–Trinajstić information content (AvgIpc) is 0.717. The highest BCUT2D eigenvalue weighted by Crippen LogP contribution is 2.57. The molecular formula is C76H54N12. The molecule has 0 radical (unpaired) electrons. The van der Waals surface area contributed by atoms with Gasteiger partial charge in [0.05, 0.1) is 67.6 Å². The molecular weight excluding hydrogens is 1080 g/mol. The zero-order valence-electron chi connectivity index (χ0n) is 48.6. The van der Waals surface area contributed by atoms with Gasteiger partial charge in [0.1, 0.15) is 22.1 Å². The maximum Gasteiger partial charge on any atom is 0.113 e. The zero-order valence-corrected chi connectivity index (χ0v) is 48.6. The van der Waals surface area contributed by atoms with Crippen molar-refractivity contribution in [3.8, 4) is 0 Å². The molecule has 418 valence electrons. The van der Waals surface area contributed by atoms with Crippen molar-refractivity contribution in [1.82, 2.24) is 39.9 Å². The van der Waals surface area contributed by atoms with E-state index < -0.39 is 0 Å². The van der Waals surface area contributed by atoms with Crippen molar-refractivity contribution >= 4 is 145 Å². The Kier molecular flexibility index (Phi) is 12.4. The smallest absolute Gasteiger partial charge is 0.113 e. The van der Waals surface area contributed by atoms with Crippen LogP contribution in [0.1, 0.15) is 22.3 Å². The van der Waals surface area contributed by atoms with Gasteiger partial charge in [-0.25, -0.2) is 0 Å². The van der Waals surface area contributed by atoms with E-state index in [1.54, 1.807) is 49.6 Å². The summed E-state index contributed by atoms with van der Waals surface area (Å²) in [5.74, 6) is 0. The fourth-order valence-corrected chi connectivity index (χ4v) is 13.1. The molecule has 0 aliphatic rings. The van der Waals surface area contributed by atoms with Crippen LogP contribution in [0, 0.1) is 27.7 Å². The van der Waals surface area contributed by atoms with Gasteiger partial charge in [0.15, 0.2) is 0 Å². The molecule has 0 N–H and O–H groups in total. The summed E-state index contributed by atoms with van der Waals surface area (Å²) in [6.45, 7) is 8.66. The van der Waals surface area contributed by atoms with Crippen LogP contribution in [0.25, 0.3) is 76.5 Å². The van der Waals surface area contributed by atoms with Crippen molar-refractivity contribution in [3.63, 3.8) is 0 Å². The standard InChI is InChI=1S/C76H54N12/c1-47-25-33-59-69(81-41-37-77-59)73(47)85(51-17-9-5-10-18-51)63-45-64(86(52-19-11-6-12-20-52)74-48(2)26-34-60-70(74)82-42-38-78-60)56-31-32-58-66(88(54-23-15-8-16-24-54)76-50(4)28-36-62-72(76)84-44-40-80-62)46-65(57-30-29-55(63)67(56)68(57)58)87(53-21-13-7-14-22-53)75-49(3)27-35-61-71(75)83-43-39-79-61/h5-46H,1-4H3. The van der Waals surface area contributed by atoms with Gasteiger partial charge in [-0.05, 0) is 135 Å². The summed E-state index contributed by atoms with van der Waals surface area (Å²) >= 11 is 0. The fraction of sp³-hybridized carbons (Fsp3) is 0.0526. The van der Waals surface area contributed by atoms with E-state index in [-0.39, 0.29) is 0 Å². The number of nitrogens with zero attached hydrogens (tertiary/aromatic N) is 12. The summed E-state index contributed by atoms with van der Waals surface area (Å²) in [4.78, 5) is 49.8. The third-order valence-corrected chi connectivity index (χ3v) is 17.0. The van der Waals surface area contributed by atoms with Gasteiger partial charge in [0, 0.05) is 105 Å². The third-order valence-electron chi connectivity index (χ3n) is 17.0. The van der Waals surface area contributed by atoms with E-state index in [4.69, 9.17) is 39.9 Å². The first-order valence-electron chi connectivity index (χ1n) is 29.4. The van der Waals surface area contributed by atoms with Gasteiger partial charge in [-0.3, -0.25) is 39.9 Å². The Morgan fingerprint density at radius 1 is 0.227 bits per heavy atom. The lowest BCUT2D eigenvalue weighted by Gasteiger charge is -2.35. The molecule has 88 heavy (non-hydrogen) atoms. The number of para-hydroxylation sites is 4. The predicted molar refractivity (Wildman–Crippen MR) is 360 cm³/mol. The monoisotopic (exact) mass is 1130 g/mol. The Bertz CT molecular complexity index is 4700. The van der Waals surface area contributed by atoms with Gasteiger partial charge >= 0.3 is 0 Å². The third kappa shape index (κ3) is 8.36. The van der Waals surface area contributed by atoms with E-state index in [2.05, 4.69) is 254 Å². The van der Waals surface area contributed by atoms with E-state index in [0.29, 0.717) is 0 Å². The fourth-order valence-electron chi connectivity index (χ4n) is 13.1. The number of anilines is 12. The lowest BCUT2D eigenvalue weighted by atomic mass is 9.88. The minimum absolute atomic E-state index is 0.780. The van der Waals surface area contributed by atoms with Crippen molar-refractivity contribution in [2.24, 2.45) is 0 Å². The molecule has 4 aromatic heterocycles. The van der Waals surface area contributed by atoms with E-state index >= 15 is 0 Å². The largest absolute Gasteiger partial charge is 0.307 e. The molecule has 0 amide bonds. The molecule has 16 rings (SSSR count). The second kappa shape index (κ2) is 21.1. The SMILES string of the molecule is Cc1ccc2nccnc2c1N(c1ccccc1)c1cc(N(c2ccccc2)c2c(C)ccc3nccnc23)c2ccc3c(N(c4ccccc4)c4c(C)ccc5nccnc45)cc(N(c4ccccc4)c4c(C)ccc5nccnc45)c4ccc1c2c43. The molecule has 0 saturated heterocycles. The lowest BCUT2D eigenvalue weighted by molar-refractivity contribution is 1.21. The van der Waals surface area contributed by atoms with Crippen molar-refractivity contribution in [1.29, 1.82) is 0 Å². The lowest BCUT2D eigenvalue weighted by Crippen LogP contribution is -2.18. The molecule has 12 aromatic carbocycles.